The second kappa shape index (κ2) is 6.39. The van der Waals surface area contributed by atoms with Crippen molar-refractivity contribution in [3.63, 3.8) is 0 Å². The highest BCUT2D eigenvalue weighted by atomic mass is 19.1. The summed E-state index contributed by atoms with van der Waals surface area (Å²) < 4.78 is 15.3. The Morgan fingerprint density at radius 3 is 2.81 bits per heavy atom. The normalized spacial score (nSPS) is 14.2. The molecular weight excluding hydrogens is 265 g/mol. The van der Waals surface area contributed by atoms with E-state index in [1.807, 2.05) is 12.1 Å². The van der Waals surface area contributed by atoms with E-state index >= 15 is 0 Å². The van der Waals surface area contributed by atoms with Crippen LogP contribution in [-0.4, -0.2) is 16.3 Å². The predicted molar refractivity (Wildman–Crippen MR) is 82.6 cm³/mol. The van der Waals surface area contributed by atoms with Crippen molar-refractivity contribution in [3.05, 3.63) is 41.3 Å². The molecule has 1 aliphatic heterocycles. The molecule has 1 N–H and O–H groups in total. The van der Waals surface area contributed by atoms with Crippen molar-refractivity contribution in [3.8, 4) is 11.3 Å². The second-order valence-electron chi connectivity index (χ2n) is 5.64. The maximum absolute atomic E-state index is 13.1. The van der Waals surface area contributed by atoms with Crippen LogP contribution in [0.3, 0.4) is 0 Å². The Bertz CT molecular complexity index is 601. The molecule has 0 bridgehead atoms. The van der Waals surface area contributed by atoms with Crippen molar-refractivity contribution in [2.45, 2.75) is 45.7 Å². The van der Waals surface area contributed by atoms with Gasteiger partial charge in [-0.1, -0.05) is 19.8 Å². The standard InChI is InChI=1S/C17H22FN3/c1-2-3-4-11-21-16-9-10-19-12-15(16)17(20-21)13-5-7-14(18)8-6-13/h5-8,19H,2-4,9-12H2,1H3. The Morgan fingerprint density at radius 2 is 2.05 bits per heavy atom. The van der Waals surface area contributed by atoms with Crippen LogP contribution in [0.2, 0.25) is 0 Å². The van der Waals surface area contributed by atoms with Crippen molar-refractivity contribution in [2.75, 3.05) is 6.54 Å². The van der Waals surface area contributed by atoms with Crippen molar-refractivity contribution in [1.82, 2.24) is 15.1 Å². The molecular formula is C17H22FN3. The molecule has 2 aromatic rings. The van der Waals surface area contributed by atoms with E-state index in [0.29, 0.717) is 0 Å². The zero-order valence-corrected chi connectivity index (χ0v) is 12.5. The number of fused-ring (bicyclic) bond motifs is 1. The molecule has 0 radical (unpaired) electrons. The second-order valence-corrected chi connectivity index (χ2v) is 5.64. The van der Waals surface area contributed by atoms with Crippen LogP contribution >= 0.6 is 0 Å². The average molecular weight is 287 g/mol. The van der Waals surface area contributed by atoms with Crippen molar-refractivity contribution < 1.29 is 4.39 Å². The largest absolute Gasteiger partial charge is 0.312 e. The number of aromatic nitrogens is 2. The lowest BCUT2D eigenvalue weighted by Crippen LogP contribution is -2.25. The highest BCUT2D eigenvalue weighted by Gasteiger charge is 2.21. The van der Waals surface area contributed by atoms with Crippen LogP contribution in [0.25, 0.3) is 11.3 Å². The summed E-state index contributed by atoms with van der Waals surface area (Å²) in [5.74, 6) is -0.201. The molecule has 0 aliphatic carbocycles. The van der Waals surface area contributed by atoms with Crippen LogP contribution in [0.1, 0.15) is 37.4 Å². The lowest BCUT2D eigenvalue weighted by molar-refractivity contribution is 0.517. The third-order valence-corrected chi connectivity index (χ3v) is 4.10. The highest BCUT2D eigenvalue weighted by Crippen LogP contribution is 2.28. The fourth-order valence-corrected chi connectivity index (χ4v) is 2.96. The molecule has 0 saturated carbocycles. The Hall–Kier alpha value is -1.68. The van der Waals surface area contributed by atoms with Crippen LogP contribution in [0, 0.1) is 5.82 Å². The first-order valence-electron chi connectivity index (χ1n) is 7.85. The van der Waals surface area contributed by atoms with Crippen molar-refractivity contribution >= 4 is 0 Å². The van der Waals surface area contributed by atoms with Crippen LogP contribution in [0.4, 0.5) is 4.39 Å². The summed E-state index contributed by atoms with van der Waals surface area (Å²) in [5, 5.41) is 8.23. The van der Waals surface area contributed by atoms with Gasteiger partial charge in [0.05, 0.1) is 5.69 Å². The zero-order chi connectivity index (χ0) is 14.7. The first-order valence-corrected chi connectivity index (χ1v) is 7.85. The Balaban J connectivity index is 1.94. The van der Waals surface area contributed by atoms with Gasteiger partial charge in [0.2, 0.25) is 0 Å². The lowest BCUT2D eigenvalue weighted by Gasteiger charge is -2.15. The molecule has 3 rings (SSSR count). The number of unbranched alkanes of at least 4 members (excludes halogenated alkanes) is 2. The topological polar surface area (TPSA) is 29.9 Å². The molecule has 1 aromatic carbocycles. The van der Waals surface area contributed by atoms with E-state index in [2.05, 4.69) is 16.9 Å². The van der Waals surface area contributed by atoms with Gasteiger partial charge in [0, 0.05) is 42.9 Å². The lowest BCUT2D eigenvalue weighted by atomic mass is 10.0. The van der Waals surface area contributed by atoms with E-state index in [9.17, 15) is 4.39 Å². The molecule has 0 fully saturated rings. The number of rotatable bonds is 5. The minimum absolute atomic E-state index is 0.201. The third kappa shape index (κ3) is 3.00. The Kier molecular flexibility index (Phi) is 4.34. The molecule has 21 heavy (non-hydrogen) atoms. The van der Waals surface area contributed by atoms with E-state index in [1.54, 1.807) is 0 Å². The number of benzene rings is 1. The van der Waals surface area contributed by atoms with Gasteiger partial charge in [0.1, 0.15) is 5.82 Å². The SMILES string of the molecule is CCCCCn1nc(-c2ccc(F)cc2)c2c1CCNC2. The maximum atomic E-state index is 13.1. The monoisotopic (exact) mass is 287 g/mol. The molecule has 0 amide bonds. The Morgan fingerprint density at radius 1 is 1.24 bits per heavy atom. The molecule has 0 atom stereocenters. The molecule has 4 heteroatoms. The van der Waals surface area contributed by atoms with Gasteiger partial charge in [-0.2, -0.15) is 5.10 Å². The van der Waals surface area contributed by atoms with Gasteiger partial charge in [-0.15, -0.1) is 0 Å². The maximum Gasteiger partial charge on any atom is 0.123 e. The number of aryl methyl sites for hydroxylation is 1. The molecule has 2 heterocycles. The van der Waals surface area contributed by atoms with E-state index < -0.39 is 0 Å². The fraction of sp³-hybridized carbons (Fsp3) is 0.471. The van der Waals surface area contributed by atoms with E-state index in [1.165, 1.54) is 42.7 Å². The number of hydrogen-bond donors (Lipinski definition) is 1. The molecule has 3 nitrogen and oxygen atoms in total. The summed E-state index contributed by atoms with van der Waals surface area (Å²) in [6, 6.07) is 6.66. The van der Waals surface area contributed by atoms with Gasteiger partial charge >= 0.3 is 0 Å². The number of halogens is 1. The van der Waals surface area contributed by atoms with Crippen LogP contribution in [0.15, 0.2) is 24.3 Å². The number of nitrogens with zero attached hydrogens (tertiary/aromatic N) is 2. The van der Waals surface area contributed by atoms with Gasteiger partial charge in [-0.05, 0) is 30.7 Å². The zero-order valence-electron chi connectivity index (χ0n) is 12.5. The summed E-state index contributed by atoms with van der Waals surface area (Å²) >= 11 is 0. The van der Waals surface area contributed by atoms with E-state index in [-0.39, 0.29) is 5.82 Å². The smallest absolute Gasteiger partial charge is 0.123 e. The fourth-order valence-electron chi connectivity index (χ4n) is 2.96. The first kappa shape index (κ1) is 14.3. The predicted octanol–water partition coefficient (Wildman–Crippen LogP) is 3.53. The van der Waals surface area contributed by atoms with Crippen LogP contribution in [0.5, 0.6) is 0 Å². The van der Waals surface area contributed by atoms with Crippen LogP contribution in [-0.2, 0) is 19.5 Å². The van der Waals surface area contributed by atoms with E-state index in [0.717, 1.165) is 37.3 Å². The minimum atomic E-state index is -0.201. The van der Waals surface area contributed by atoms with Gasteiger partial charge in [0.25, 0.3) is 0 Å². The molecule has 112 valence electrons. The van der Waals surface area contributed by atoms with Crippen molar-refractivity contribution in [2.24, 2.45) is 0 Å². The van der Waals surface area contributed by atoms with Gasteiger partial charge in [-0.3, -0.25) is 4.68 Å². The van der Waals surface area contributed by atoms with Gasteiger partial charge < -0.3 is 5.32 Å². The minimum Gasteiger partial charge on any atom is -0.312 e. The number of nitrogens with one attached hydrogen (secondary N) is 1. The average Bonchev–Trinajstić information content (AvgIpc) is 2.88. The summed E-state index contributed by atoms with van der Waals surface area (Å²) in [6.07, 6.45) is 4.64. The Labute approximate surface area is 125 Å². The van der Waals surface area contributed by atoms with Gasteiger partial charge in [-0.25, -0.2) is 4.39 Å². The summed E-state index contributed by atoms with van der Waals surface area (Å²) in [4.78, 5) is 0. The third-order valence-electron chi connectivity index (χ3n) is 4.10. The van der Waals surface area contributed by atoms with Gasteiger partial charge in [0.15, 0.2) is 0 Å². The molecule has 0 spiro atoms. The molecule has 0 unspecified atom stereocenters. The quantitative estimate of drug-likeness (QED) is 0.853. The summed E-state index contributed by atoms with van der Waals surface area (Å²) in [7, 11) is 0. The van der Waals surface area contributed by atoms with Crippen molar-refractivity contribution in [1.29, 1.82) is 0 Å². The van der Waals surface area contributed by atoms with E-state index in [4.69, 9.17) is 5.10 Å². The molecule has 1 aromatic heterocycles. The highest BCUT2D eigenvalue weighted by molar-refractivity contribution is 5.64. The number of hydrogen-bond acceptors (Lipinski definition) is 2. The first-order chi connectivity index (χ1) is 10.3. The molecule has 0 saturated heterocycles. The van der Waals surface area contributed by atoms with Crippen LogP contribution < -0.4 is 5.32 Å². The summed E-state index contributed by atoms with van der Waals surface area (Å²) in [6.45, 7) is 5.06. The summed E-state index contributed by atoms with van der Waals surface area (Å²) in [5.41, 5.74) is 4.65. The molecule has 1 aliphatic rings.